The zero-order valence-corrected chi connectivity index (χ0v) is 21.2. The number of primary amides is 1. The van der Waals surface area contributed by atoms with E-state index in [0.717, 1.165) is 22.4 Å². The third kappa shape index (κ3) is 7.14. The molecule has 0 aromatic heterocycles. The highest BCUT2D eigenvalue weighted by Crippen LogP contribution is 2.27. The van der Waals surface area contributed by atoms with Gasteiger partial charge in [0.1, 0.15) is 23.0 Å². The van der Waals surface area contributed by atoms with Crippen molar-refractivity contribution in [3.63, 3.8) is 0 Å². The SMILES string of the molecule is C[C@H](NC(=O)c1ccc(S(=O)(=O)N[C@H](C=O)CC(=O)O)c(OCCc2cccc3ccccc23)c1)C(N)=O. The second-order valence-electron chi connectivity index (χ2n) is 8.46. The summed E-state index contributed by atoms with van der Waals surface area (Å²) in [4.78, 5) is 45.8. The summed E-state index contributed by atoms with van der Waals surface area (Å²) in [5.41, 5.74) is 6.14. The Morgan fingerprint density at radius 1 is 1.08 bits per heavy atom. The van der Waals surface area contributed by atoms with Crippen molar-refractivity contribution in [1.82, 2.24) is 10.0 Å². The molecular weight excluding hydrogens is 514 g/mol. The lowest BCUT2D eigenvalue weighted by Crippen LogP contribution is -2.42. The molecule has 0 fully saturated rings. The summed E-state index contributed by atoms with van der Waals surface area (Å²) < 4.78 is 34.0. The molecule has 0 radical (unpaired) electrons. The fourth-order valence-corrected chi connectivity index (χ4v) is 4.98. The molecule has 38 heavy (non-hydrogen) atoms. The number of carbonyl (C=O) groups excluding carboxylic acids is 3. The molecule has 2 amide bonds. The summed E-state index contributed by atoms with van der Waals surface area (Å²) in [5.74, 6) is -3.01. The molecule has 11 nitrogen and oxygen atoms in total. The van der Waals surface area contributed by atoms with Gasteiger partial charge in [0.05, 0.1) is 19.1 Å². The van der Waals surface area contributed by atoms with Crippen molar-refractivity contribution in [3.8, 4) is 5.75 Å². The lowest BCUT2D eigenvalue weighted by molar-refractivity contribution is -0.138. The third-order valence-corrected chi connectivity index (χ3v) is 7.17. The first-order valence-electron chi connectivity index (χ1n) is 11.5. The van der Waals surface area contributed by atoms with Gasteiger partial charge in [0, 0.05) is 12.0 Å². The van der Waals surface area contributed by atoms with Crippen LogP contribution in [0.4, 0.5) is 0 Å². The second-order valence-corrected chi connectivity index (χ2v) is 10.1. The predicted octanol–water partition coefficient (Wildman–Crippen LogP) is 1.39. The first-order chi connectivity index (χ1) is 18.0. The van der Waals surface area contributed by atoms with Gasteiger partial charge in [-0.3, -0.25) is 14.4 Å². The molecule has 0 aliphatic carbocycles. The number of ether oxygens (including phenoxy) is 1. The number of nitrogens with one attached hydrogen (secondary N) is 2. The molecule has 0 spiro atoms. The normalized spacial score (nSPS) is 12.9. The average Bonchev–Trinajstić information content (AvgIpc) is 2.87. The predicted molar refractivity (Wildman–Crippen MR) is 138 cm³/mol. The van der Waals surface area contributed by atoms with Crippen molar-refractivity contribution >= 4 is 44.9 Å². The minimum Gasteiger partial charge on any atom is -0.492 e. The smallest absolute Gasteiger partial charge is 0.305 e. The lowest BCUT2D eigenvalue weighted by Gasteiger charge is -2.17. The van der Waals surface area contributed by atoms with Crippen LogP contribution in [0.1, 0.15) is 29.3 Å². The van der Waals surface area contributed by atoms with E-state index in [9.17, 15) is 27.6 Å². The van der Waals surface area contributed by atoms with Gasteiger partial charge in [-0.2, -0.15) is 0 Å². The van der Waals surface area contributed by atoms with Crippen LogP contribution >= 0.6 is 0 Å². The van der Waals surface area contributed by atoms with Gasteiger partial charge in [-0.1, -0.05) is 42.5 Å². The molecule has 200 valence electrons. The van der Waals surface area contributed by atoms with Crippen molar-refractivity contribution in [1.29, 1.82) is 0 Å². The van der Waals surface area contributed by atoms with Crippen molar-refractivity contribution < 1.29 is 37.4 Å². The van der Waals surface area contributed by atoms with Gasteiger partial charge < -0.3 is 25.7 Å². The summed E-state index contributed by atoms with van der Waals surface area (Å²) in [5, 5.41) is 13.4. The van der Waals surface area contributed by atoms with E-state index in [0.29, 0.717) is 6.42 Å². The number of aldehydes is 1. The molecule has 2 atom stereocenters. The number of sulfonamides is 1. The molecule has 0 heterocycles. The molecule has 3 aromatic rings. The van der Waals surface area contributed by atoms with Crippen LogP contribution < -0.4 is 20.5 Å². The van der Waals surface area contributed by atoms with E-state index in [4.69, 9.17) is 15.6 Å². The Balaban J connectivity index is 1.91. The van der Waals surface area contributed by atoms with Gasteiger partial charge in [0.15, 0.2) is 0 Å². The lowest BCUT2D eigenvalue weighted by atomic mass is 10.0. The fraction of sp³-hybridized carbons (Fsp3) is 0.231. The minimum atomic E-state index is -4.43. The van der Waals surface area contributed by atoms with E-state index in [1.54, 1.807) is 0 Å². The van der Waals surface area contributed by atoms with Gasteiger partial charge >= 0.3 is 5.97 Å². The monoisotopic (exact) mass is 541 g/mol. The maximum absolute atomic E-state index is 13.1. The number of fused-ring (bicyclic) bond motifs is 1. The highest BCUT2D eigenvalue weighted by molar-refractivity contribution is 7.89. The van der Waals surface area contributed by atoms with Gasteiger partial charge in [0.25, 0.3) is 5.91 Å². The Morgan fingerprint density at radius 2 is 1.79 bits per heavy atom. The molecule has 3 rings (SSSR count). The van der Waals surface area contributed by atoms with E-state index in [1.165, 1.54) is 19.1 Å². The standard InChI is InChI=1S/C26H27N3O8S/c1-16(25(27)33)28-26(34)19-9-10-23(38(35,36)29-20(15-30)14-24(31)32)22(13-19)37-12-11-18-7-4-6-17-5-2-3-8-21(17)18/h2-10,13,15-16,20,29H,11-12,14H2,1H3,(H2,27,33)(H,28,34)(H,31,32)/t16-,20-/m0/s1. The number of carbonyl (C=O) groups is 4. The van der Waals surface area contributed by atoms with Crippen LogP contribution in [0.3, 0.4) is 0 Å². The first kappa shape index (κ1) is 28.3. The molecule has 0 aliphatic heterocycles. The molecule has 5 N–H and O–H groups in total. The average molecular weight is 542 g/mol. The van der Waals surface area contributed by atoms with Crippen LogP contribution in [0.2, 0.25) is 0 Å². The zero-order valence-electron chi connectivity index (χ0n) is 20.4. The van der Waals surface area contributed by atoms with Gasteiger partial charge in [-0.25, -0.2) is 13.1 Å². The summed E-state index contributed by atoms with van der Waals surface area (Å²) >= 11 is 0. The van der Waals surface area contributed by atoms with Gasteiger partial charge in [-0.05, 0) is 41.5 Å². The molecule has 0 aliphatic rings. The second kappa shape index (κ2) is 12.3. The molecular formula is C26H27N3O8S. The molecule has 12 heteroatoms. The van der Waals surface area contributed by atoms with Crippen LogP contribution in [-0.2, 0) is 30.8 Å². The molecule has 0 saturated heterocycles. The highest BCUT2D eigenvalue weighted by Gasteiger charge is 2.26. The largest absolute Gasteiger partial charge is 0.492 e. The Morgan fingerprint density at radius 3 is 2.47 bits per heavy atom. The van der Waals surface area contributed by atoms with E-state index in [-0.39, 0.29) is 24.2 Å². The Labute approximate surface area is 219 Å². The third-order valence-electron chi connectivity index (χ3n) is 5.64. The Hall–Kier alpha value is -4.29. The number of rotatable bonds is 13. The van der Waals surface area contributed by atoms with E-state index >= 15 is 0 Å². The highest BCUT2D eigenvalue weighted by atomic mass is 32.2. The number of hydrogen-bond acceptors (Lipinski definition) is 7. The fourth-order valence-electron chi connectivity index (χ4n) is 3.69. The van der Waals surface area contributed by atoms with Crippen LogP contribution in [0.5, 0.6) is 5.75 Å². The van der Waals surface area contributed by atoms with Crippen molar-refractivity contribution in [2.45, 2.75) is 36.7 Å². The van der Waals surface area contributed by atoms with Crippen molar-refractivity contribution in [2.24, 2.45) is 5.73 Å². The maximum Gasteiger partial charge on any atom is 0.305 e. The molecule has 0 unspecified atom stereocenters. The van der Waals surface area contributed by atoms with Gasteiger partial charge in [-0.15, -0.1) is 0 Å². The van der Waals surface area contributed by atoms with Crippen molar-refractivity contribution in [2.75, 3.05) is 6.61 Å². The molecule has 0 bridgehead atoms. The first-order valence-corrected chi connectivity index (χ1v) is 13.0. The van der Waals surface area contributed by atoms with E-state index in [2.05, 4.69) is 5.32 Å². The number of hydrogen-bond donors (Lipinski definition) is 4. The zero-order chi connectivity index (χ0) is 27.9. The maximum atomic E-state index is 13.1. The summed E-state index contributed by atoms with van der Waals surface area (Å²) in [6.07, 6.45) is -0.176. The van der Waals surface area contributed by atoms with Crippen LogP contribution in [0.15, 0.2) is 65.6 Å². The number of carboxylic acids is 1. The minimum absolute atomic E-state index is 0.00492. The number of aliphatic carboxylic acids is 1. The summed E-state index contributed by atoms with van der Waals surface area (Å²) in [6.45, 7) is 1.43. The summed E-state index contributed by atoms with van der Waals surface area (Å²) in [7, 11) is -4.43. The molecule has 0 saturated carbocycles. The van der Waals surface area contributed by atoms with Crippen LogP contribution in [0.25, 0.3) is 10.8 Å². The Bertz CT molecular complexity index is 1470. The quantitative estimate of drug-likeness (QED) is 0.234. The summed E-state index contributed by atoms with van der Waals surface area (Å²) in [6, 6.07) is 14.5. The van der Waals surface area contributed by atoms with Crippen molar-refractivity contribution in [3.05, 3.63) is 71.8 Å². The topological polar surface area (TPSA) is 182 Å². The number of nitrogens with two attached hydrogens (primary N) is 1. The van der Waals surface area contributed by atoms with E-state index < -0.39 is 51.2 Å². The number of benzene rings is 3. The van der Waals surface area contributed by atoms with Crippen LogP contribution in [-0.4, -0.2) is 56.3 Å². The number of amides is 2. The van der Waals surface area contributed by atoms with Gasteiger partial charge in [0.2, 0.25) is 15.9 Å². The van der Waals surface area contributed by atoms with E-state index in [1.807, 2.05) is 47.2 Å². The van der Waals surface area contributed by atoms with Crippen LogP contribution in [0, 0.1) is 0 Å². The number of carboxylic acid groups (broad SMARTS) is 1. The Kier molecular flexibility index (Phi) is 9.16. The molecule has 3 aromatic carbocycles.